The third-order valence-electron chi connectivity index (χ3n) is 2.36. The van der Waals surface area contributed by atoms with Gasteiger partial charge in [-0.05, 0) is 38.6 Å². The molecule has 0 amide bonds. The van der Waals surface area contributed by atoms with Crippen molar-refractivity contribution >= 4 is 5.97 Å². The molecule has 0 aromatic rings. The van der Waals surface area contributed by atoms with Crippen LogP contribution in [0.25, 0.3) is 0 Å². The maximum atomic E-state index is 11.1. The number of aliphatic carboxylic acids is 1. The van der Waals surface area contributed by atoms with Crippen LogP contribution in [0.4, 0.5) is 0 Å². The lowest BCUT2D eigenvalue weighted by Crippen LogP contribution is -2.07. The molecule has 0 saturated carbocycles. The summed E-state index contributed by atoms with van der Waals surface area (Å²) in [6, 6.07) is 0. The minimum Gasteiger partial charge on any atom is -0.478 e. The van der Waals surface area contributed by atoms with E-state index in [9.17, 15) is 4.79 Å². The molecule has 3 nitrogen and oxygen atoms in total. The van der Waals surface area contributed by atoms with Gasteiger partial charge in [0.2, 0.25) is 0 Å². The molecule has 0 heterocycles. The first-order valence-corrected chi connectivity index (χ1v) is 5.53. The Morgan fingerprint density at radius 3 is 2.38 bits per heavy atom. The van der Waals surface area contributed by atoms with Crippen LogP contribution in [0.3, 0.4) is 0 Å². The van der Waals surface area contributed by atoms with Gasteiger partial charge in [0, 0.05) is 5.57 Å². The van der Waals surface area contributed by atoms with Gasteiger partial charge in [0.15, 0.2) is 0 Å². The number of hydrogen-bond donors (Lipinski definition) is 2. The highest BCUT2D eigenvalue weighted by atomic mass is 16.4. The molecular weight excluding hydrogens is 202 g/mol. The molecule has 0 rings (SSSR count). The first-order chi connectivity index (χ1) is 7.67. The zero-order valence-electron chi connectivity index (χ0n) is 9.74. The van der Waals surface area contributed by atoms with Gasteiger partial charge < -0.3 is 10.8 Å². The van der Waals surface area contributed by atoms with Gasteiger partial charge in [-0.25, -0.2) is 4.79 Å². The van der Waals surface area contributed by atoms with E-state index in [2.05, 4.69) is 13.2 Å². The van der Waals surface area contributed by atoms with Crippen molar-refractivity contribution in [2.24, 2.45) is 5.73 Å². The highest BCUT2D eigenvalue weighted by Gasteiger charge is 2.12. The molecule has 0 spiro atoms. The molecule has 0 bridgehead atoms. The molecule has 3 N–H and O–H groups in total. The Morgan fingerprint density at radius 1 is 1.25 bits per heavy atom. The smallest absolute Gasteiger partial charge is 0.331 e. The average molecular weight is 223 g/mol. The summed E-state index contributed by atoms with van der Waals surface area (Å²) in [4.78, 5) is 11.1. The average Bonchev–Trinajstić information content (AvgIpc) is 2.25. The molecule has 0 aliphatic rings. The molecule has 0 atom stereocenters. The normalized spacial score (nSPS) is 11.8. The van der Waals surface area contributed by atoms with Crippen molar-refractivity contribution in [3.8, 4) is 0 Å². The van der Waals surface area contributed by atoms with Gasteiger partial charge in [-0.3, -0.25) is 0 Å². The summed E-state index contributed by atoms with van der Waals surface area (Å²) in [5, 5.41) is 9.14. The quantitative estimate of drug-likeness (QED) is 0.466. The number of hydrogen-bond acceptors (Lipinski definition) is 2. The van der Waals surface area contributed by atoms with Gasteiger partial charge in [0.25, 0.3) is 0 Å². The number of carboxylic acids is 1. The SMILES string of the molecule is C=CCCC(C(=O)O)=C(CC=C)CCCN. The van der Waals surface area contributed by atoms with Crippen molar-refractivity contribution in [1.29, 1.82) is 0 Å². The molecule has 0 fully saturated rings. The number of nitrogens with two attached hydrogens (primary N) is 1. The molecule has 0 unspecified atom stereocenters. The van der Waals surface area contributed by atoms with Gasteiger partial charge in [0.1, 0.15) is 0 Å². The van der Waals surface area contributed by atoms with E-state index in [-0.39, 0.29) is 0 Å². The second-order valence-electron chi connectivity index (χ2n) is 3.60. The summed E-state index contributed by atoms with van der Waals surface area (Å²) >= 11 is 0. The zero-order chi connectivity index (χ0) is 12.4. The predicted octanol–water partition coefficient (Wildman–Crippen LogP) is 2.65. The van der Waals surface area contributed by atoms with Gasteiger partial charge in [-0.15, -0.1) is 13.2 Å². The first kappa shape index (κ1) is 14.6. The molecule has 90 valence electrons. The second kappa shape index (κ2) is 8.92. The number of rotatable bonds is 9. The van der Waals surface area contributed by atoms with Crippen molar-refractivity contribution in [3.05, 3.63) is 36.5 Å². The number of carboxylic acid groups (broad SMARTS) is 1. The van der Waals surface area contributed by atoms with Gasteiger partial charge in [-0.1, -0.05) is 17.7 Å². The lowest BCUT2D eigenvalue weighted by molar-refractivity contribution is -0.132. The molecule has 0 aliphatic heterocycles. The van der Waals surface area contributed by atoms with Crippen molar-refractivity contribution < 1.29 is 9.90 Å². The van der Waals surface area contributed by atoms with E-state index in [0.29, 0.717) is 31.4 Å². The van der Waals surface area contributed by atoms with Gasteiger partial charge in [0.05, 0.1) is 0 Å². The summed E-state index contributed by atoms with van der Waals surface area (Å²) in [5.41, 5.74) is 6.87. The van der Waals surface area contributed by atoms with Gasteiger partial charge in [-0.2, -0.15) is 0 Å². The van der Waals surface area contributed by atoms with E-state index in [4.69, 9.17) is 10.8 Å². The predicted molar refractivity (Wildman–Crippen MR) is 67.2 cm³/mol. The van der Waals surface area contributed by atoms with E-state index >= 15 is 0 Å². The molecule has 0 saturated heterocycles. The number of carbonyl (C=O) groups is 1. The Morgan fingerprint density at radius 2 is 1.94 bits per heavy atom. The van der Waals surface area contributed by atoms with Crippen LogP contribution in [0, 0.1) is 0 Å². The second-order valence-corrected chi connectivity index (χ2v) is 3.60. The van der Waals surface area contributed by atoms with Crippen LogP contribution in [-0.4, -0.2) is 17.6 Å². The Bertz CT molecular complexity index is 280. The lowest BCUT2D eigenvalue weighted by atomic mass is 9.96. The first-order valence-electron chi connectivity index (χ1n) is 5.53. The van der Waals surface area contributed by atoms with Crippen LogP contribution in [0.2, 0.25) is 0 Å². The standard InChI is InChI=1S/C13H21NO2/c1-3-5-9-12(13(15)16)11(7-4-2)8-6-10-14/h3-4H,1-2,5-10,14H2,(H,15,16). The lowest BCUT2D eigenvalue weighted by Gasteiger charge is -2.10. The van der Waals surface area contributed by atoms with Crippen LogP contribution < -0.4 is 5.73 Å². The molecule has 0 aromatic heterocycles. The minimum absolute atomic E-state index is 0.494. The molecule has 16 heavy (non-hydrogen) atoms. The highest BCUT2D eigenvalue weighted by Crippen LogP contribution is 2.20. The molecular formula is C13H21NO2. The fourth-order valence-corrected chi connectivity index (χ4v) is 1.55. The van der Waals surface area contributed by atoms with E-state index < -0.39 is 5.97 Å². The summed E-state index contributed by atoms with van der Waals surface area (Å²) in [6.07, 6.45) is 6.87. The molecule has 0 aromatic carbocycles. The number of allylic oxidation sites excluding steroid dienone is 3. The minimum atomic E-state index is -0.837. The topological polar surface area (TPSA) is 63.3 Å². The fraction of sp³-hybridized carbons (Fsp3) is 0.462. The van der Waals surface area contributed by atoms with E-state index in [0.717, 1.165) is 18.4 Å². The van der Waals surface area contributed by atoms with Crippen LogP contribution in [-0.2, 0) is 4.79 Å². The van der Waals surface area contributed by atoms with Crippen LogP contribution in [0.5, 0.6) is 0 Å². The van der Waals surface area contributed by atoms with Crippen LogP contribution in [0.1, 0.15) is 32.1 Å². The highest BCUT2D eigenvalue weighted by molar-refractivity contribution is 5.87. The molecule has 0 radical (unpaired) electrons. The van der Waals surface area contributed by atoms with E-state index in [1.165, 1.54) is 0 Å². The molecule has 0 aliphatic carbocycles. The Hall–Kier alpha value is -1.35. The zero-order valence-corrected chi connectivity index (χ0v) is 9.74. The summed E-state index contributed by atoms with van der Waals surface area (Å²) in [7, 11) is 0. The summed E-state index contributed by atoms with van der Waals surface area (Å²) < 4.78 is 0. The largest absolute Gasteiger partial charge is 0.478 e. The summed E-state index contributed by atoms with van der Waals surface area (Å²) in [6.45, 7) is 7.83. The van der Waals surface area contributed by atoms with Crippen molar-refractivity contribution in [2.45, 2.75) is 32.1 Å². The van der Waals surface area contributed by atoms with E-state index in [1.54, 1.807) is 12.2 Å². The van der Waals surface area contributed by atoms with Crippen molar-refractivity contribution in [3.63, 3.8) is 0 Å². The van der Waals surface area contributed by atoms with Crippen molar-refractivity contribution in [1.82, 2.24) is 0 Å². The fourth-order valence-electron chi connectivity index (χ4n) is 1.55. The summed E-state index contributed by atoms with van der Waals surface area (Å²) in [5.74, 6) is -0.837. The van der Waals surface area contributed by atoms with E-state index in [1.807, 2.05) is 0 Å². The third-order valence-corrected chi connectivity index (χ3v) is 2.36. The maximum absolute atomic E-state index is 11.1. The Labute approximate surface area is 97.3 Å². The van der Waals surface area contributed by atoms with Crippen LogP contribution in [0.15, 0.2) is 36.5 Å². The van der Waals surface area contributed by atoms with Gasteiger partial charge >= 0.3 is 5.97 Å². The Balaban J connectivity index is 4.83. The van der Waals surface area contributed by atoms with Crippen molar-refractivity contribution in [2.75, 3.05) is 6.54 Å². The van der Waals surface area contributed by atoms with Crippen LogP contribution >= 0.6 is 0 Å². The monoisotopic (exact) mass is 223 g/mol. The third kappa shape index (κ3) is 5.51. The maximum Gasteiger partial charge on any atom is 0.331 e. The Kier molecular flexibility index (Phi) is 8.17. The molecule has 3 heteroatoms.